The number of carbonyl (C=O) groups excluding carboxylic acids is 2. The maximum atomic E-state index is 14.0. The van der Waals surface area contributed by atoms with Crippen LogP contribution >= 0.6 is 0 Å². The van der Waals surface area contributed by atoms with Gasteiger partial charge in [-0.1, -0.05) is 72.8 Å². The van der Waals surface area contributed by atoms with Crippen LogP contribution in [0.3, 0.4) is 0 Å². The van der Waals surface area contributed by atoms with Gasteiger partial charge in [-0.05, 0) is 37.5 Å². The zero-order valence-corrected chi connectivity index (χ0v) is 20.7. The highest BCUT2D eigenvalue weighted by molar-refractivity contribution is 5.85. The van der Waals surface area contributed by atoms with Gasteiger partial charge in [0.1, 0.15) is 5.60 Å². The van der Waals surface area contributed by atoms with E-state index in [1.54, 1.807) is 37.8 Å². The van der Waals surface area contributed by atoms with Crippen molar-refractivity contribution >= 4 is 17.7 Å². The molecule has 0 spiro atoms. The number of hydrogen-bond donors (Lipinski definition) is 1. The van der Waals surface area contributed by atoms with Crippen LogP contribution in [0.1, 0.15) is 43.4 Å². The summed E-state index contributed by atoms with van der Waals surface area (Å²) in [6.45, 7) is 5.98. The topological polar surface area (TPSA) is 102 Å². The van der Waals surface area contributed by atoms with Gasteiger partial charge in [0.25, 0.3) is 5.69 Å². The van der Waals surface area contributed by atoms with Crippen LogP contribution in [0.15, 0.2) is 84.9 Å². The maximum Gasteiger partial charge on any atom is 0.407 e. The summed E-state index contributed by atoms with van der Waals surface area (Å²) in [6.07, 6.45) is -0.639. The summed E-state index contributed by atoms with van der Waals surface area (Å²) in [7, 11) is 0. The van der Waals surface area contributed by atoms with E-state index in [1.165, 1.54) is 12.1 Å². The number of nitrogens with zero attached hydrogens (tertiary/aromatic N) is 2. The first-order chi connectivity index (χ1) is 17.1. The second kappa shape index (κ2) is 12.0. The first-order valence-corrected chi connectivity index (χ1v) is 11.7. The summed E-state index contributed by atoms with van der Waals surface area (Å²) in [4.78, 5) is 38.7. The van der Waals surface area contributed by atoms with Gasteiger partial charge in [0.2, 0.25) is 5.91 Å². The normalized spacial score (nSPS) is 11.9. The van der Waals surface area contributed by atoms with Crippen molar-refractivity contribution in [3.63, 3.8) is 0 Å². The largest absolute Gasteiger partial charge is 0.444 e. The van der Waals surface area contributed by atoms with Crippen LogP contribution in [0.2, 0.25) is 0 Å². The molecule has 0 heterocycles. The van der Waals surface area contributed by atoms with Crippen molar-refractivity contribution in [1.29, 1.82) is 0 Å². The van der Waals surface area contributed by atoms with Crippen molar-refractivity contribution in [2.24, 2.45) is 0 Å². The highest BCUT2D eigenvalue weighted by atomic mass is 16.6. The summed E-state index contributed by atoms with van der Waals surface area (Å²) < 4.78 is 5.34. The zero-order chi connectivity index (χ0) is 26.1. The second-order valence-corrected chi connectivity index (χ2v) is 9.45. The number of non-ortho nitro benzene ring substituents is 1. The predicted molar refractivity (Wildman–Crippen MR) is 137 cm³/mol. The highest BCUT2D eigenvalue weighted by Gasteiger charge is 2.28. The molecule has 8 heteroatoms. The molecule has 0 aliphatic rings. The van der Waals surface area contributed by atoms with Crippen LogP contribution < -0.4 is 5.32 Å². The van der Waals surface area contributed by atoms with Crippen LogP contribution in [-0.2, 0) is 22.6 Å². The van der Waals surface area contributed by atoms with Crippen molar-refractivity contribution in [2.75, 3.05) is 6.54 Å². The average molecular weight is 490 g/mol. The lowest BCUT2D eigenvalue weighted by molar-refractivity contribution is -0.384. The van der Waals surface area contributed by atoms with Crippen LogP contribution in [0.5, 0.6) is 0 Å². The molecule has 0 unspecified atom stereocenters. The van der Waals surface area contributed by atoms with E-state index in [2.05, 4.69) is 5.32 Å². The molecule has 0 aliphatic heterocycles. The number of carbonyl (C=O) groups is 2. The third kappa shape index (κ3) is 7.94. The lowest BCUT2D eigenvalue weighted by atomic mass is 9.96. The molecule has 36 heavy (non-hydrogen) atoms. The van der Waals surface area contributed by atoms with Crippen LogP contribution in [0, 0.1) is 10.1 Å². The molecule has 188 valence electrons. The molecular weight excluding hydrogens is 458 g/mol. The number of nitro groups is 1. The molecule has 0 bridgehead atoms. The summed E-state index contributed by atoms with van der Waals surface area (Å²) in [5.41, 5.74) is 1.72. The van der Waals surface area contributed by atoms with Crippen molar-refractivity contribution < 1.29 is 19.2 Å². The van der Waals surface area contributed by atoms with E-state index in [4.69, 9.17) is 4.74 Å². The Bertz CT molecular complexity index is 1120. The molecule has 0 radical (unpaired) electrons. The number of amides is 2. The monoisotopic (exact) mass is 489 g/mol. The zero-order valence-electron chi connectivity index (χ0n) is 20.7. The van der Waals surface area contributed by atoms with Gasteiger partial charge in [-0.25, -0.2) is 4.79 Å². The molecule has 8 nitrogen and oxygen atoms in total. The number of benzene rings is 3. The van der Waals surface area contributed by atoms with Gasteiger partial charge in [0, 0.05) is 31.8 Å². The number of alkyl carbamates (subject to hydrolysis) is 1. The van der Waals surface area contributed by atoms with Gasteiger partial charge >= 0.3 is 6.09 Å². The Balaban J connectivity index is 1.91. The minimum atomic E-state index is -0.772. The van der Waals surface area contributed by atoms with E-state index in [0.29, 0.717) is 18.7 Å². The van der Waals surface area contributed by atoms with E-state index in [-0.39, 0.29) is 18.1 Å². The number of ether oxygens (including phenoxy) is 1. The van der Waals surface area contributed by atoms with Gasteiger partial charge in [0.15, 0.2) is 0 Å². The molecule has 0 saturated carbocycles. The van der Waals surface area contributed by atoms with Crippen molar-refractivity contribution in [1.82, 2.24) is 10.2 Å². The number of hydrogen-bond acceptors (Lipinski definition) is 5. The van der Waals surface area contributed by atoms with Crippen LogP contribution in [-0.4, -0.2) is 34.0 Å². The second-order valence-electron chi connectivity index (χ2n) is 9.45. The van der Waals surface area contributed by atoms with E-state index in [9.17, 15) is 19.7 Å². The third-order valence-electron chi connectivity index (χ3n) is 5.40. The summed E-state index contributed by atoms with van der Waals surface area (Å²) in [5, 5.41) is 13.8. The molecular formula is C28H31N3O5. The molecule has 1 N–H and O–H groups in total. The predicted octanol–water partition coefficient (Wildman–Crippen LogP) is 5.43. The smallest absolute Gasteiger partial charge is 0.407 e. The Labute approximate surface area is 211 Å². The average Bonchev–Trinajstić information content (AvgIpc) is 2.84. The molecule has 2 amide bonds. The lowest BCUT2D eigenvalue weighted by Gasteiger charge is -2.29. The van der Waals surface area contributed by atoms with Gasteiger partial charge in [-0.2, -0.15) is 0 Å². The Hall–Kier alpha value is -4.20. The number of nitrogens with one attached hydrogen (secondary N) is 1. The van der Waals surface area contributed by atoms with Crippen molar-refractivity contribution in [2.45, 2.75) is 45.4 Å². The first kappa shape index (κ1) is 26.4. The van der Waals surface area contributed by atoms with Crippen molar-refractivity contribution in [3.8, 4) is 0 Å². The Morgan fingerprint density at radius 3 is 1.83 bits per heavy atom. The fourth-order valence-corrected chi connectivity index (χ4v) is 3.72. The van der Waals surface area contributed by atoms with Gasteiger partial charge in [-0.3, -0.25) is 14.9 Å². The third-order valence-corrected chi connectivity index (χ3v) is 5.40. The Morgan fingerprint density at radius 2 is 1.39 bits per heavy atom. The summed E-state index contributed by atoms with van der Waals surface area (Å²) >= 11 is 0. The number of nitro benzene ring substituents is 1. The molecule has 3 rings (SSSR count). The maximum absolute atomic E-state index is 14.0. The summed E-state index contributed by atoms with van der Waals surface area (Å²) in [6, 6.07) is 25.1. The van der Waals surface area contributed by atoms with Gasteiger partial charge in [-0.15, -0.1) is 0 Å². The van der Waals surface area contributed by atoms with E-state index >= 15 is 0 Å². The van der Waals surface area contributed by atoms with Crippen LogP contribution in [0.4, 0.5) is 10.5 Å². The molecule has 0 aromatic heterocycles. The molecule has 3 aromatic carbocycles. The minimum absolute atomic E-state index is 0.0222. The minimum Gasteiger partial charge on any atom is -0.444 e. The number of rotatable bonds is 9. The fraction of sp³-hybridized carbons (Fsp3) is 0.286. The first-order valence-electron chi connectivity index (χ1n) is 11.7. The SMILES string of the molecule is CC(C)(C)OC(=O)NC[C@H](C(=O)N(Cc1ccccc1)Cc1ccccc1)c1ccc([N+](=O)[O-])cc1. The fourth-order valence-electron chi connectivity index (χ4n) is 3.72. The quantitative estimate of drug-likeness (QED) is 0.319. The van der Waals surface area contributed by atoms with E-state index in [1.807, 2.05) is 60.7 Å². The van der Waals surface area contributed by atoms with Gasteiger partial charge < -0.3 is 15.0 Å². The van der Waals surface area contributed by atoms with E-state index < -0.39 is 22.5 Å². The Kier molecular flexibility index (Phi) is 8.78. The summed E-state index contributed by atoms with van der Waals surface area (Å²) in [5.74, 6) is -0.988. The Morgan fingerprint density at radius 1 is 0.889 bits per heavy atom. The highest BCUT2D eigenvalue weighted by Crippen LogP contribution is 2.24. The standard InChI is InChI=1S/C28H31N3O5/c1-28(2,3)36-27(33)29-18-25(23-14-16-24(17-15-23)31(34)35)26(32)30(19-21-10-6-4-7-11-21)20-22-12-8-5-9-13-22/h4-17,25H,18-20H2,1-3H3,(H,29,33)/t25-/m0/s1. The molecule has 0 saturated heterocycles. The lowest BCUT2D eigenvalue weighted by Crippen LogP contribution is -2.41. The molecule has 0 fully saturated rings. The molecule has 3 aromatic rings. The molecule has 1 atom stereocenters. The van der Waals surface area contributed by atoms with Gasteiger partial charge in [0.05, 0.1) is 10.8 Å². The van der Waals surface area contributed by atoms with E-state index in [0.717, 1.165) is 11.1 Å². The molecule has 0 aliphatic carbocycles. The van der Waals surface area contributed by atoms with Crippen molar-refractivity contribution in [3.05, 3.63) is 112 Å². The van der Waals surface area contributed by atoms with Crippen LogP contribution in [0.25, 0.3) is 0 Å².